The van der Waals surface area contributed by atoms with Gasteiger partial charge in [-0.05, 0) is 60.4 Å². The van der Waals surface area contributed by atoms with E-state index in [0.717, 1.165) is 0 Å². The summed E-state index contributed by atoms with van der Waals surface area (Å²) in [7, 11) is 0. The number of nitrogens with zero attached hydrogens (tertiary/aromatic N) is 1. The molecule has 1 amide bonds. The van der Waals surface area contributed by atoms with Crippen molar-refractivity contribution in [3.8, 4) is 0 Å². The zero-order valence-electron chi connectivity index (χ0n) is 21.6. The predicted octanol–water partition coefficient (Wildman–Crippen LogP) is 1.83. The molecule has 1 aromatic carbocycles. The molecule has 5 aliphatic rings. The highest BCUT2D eigenvalue weighted by atomic mass is 35.5. The Bertz CT molecular complexity index is 1590. The van der Waals surface area contributed by atoms with Crippen molar-refractivity contribution in [3.05, 3.63) is 50.7 Å². The average molecular weight is 555 g/mol. The highest BCUT2D eigenvalue weighted by Crippen LogP contribution is 2.55. The molecule has 1 saturated carbocycles. The molecule has 0 aromatic heterocycles. The van der Waals surface area contributed by atoms with E-state index in [1.807, 2.05) is 0 Å². The van der Waals surface area contributed by atoms with Crippen molar-refractivity contribution in [1.29, 1.82) is 0 Å². The number of aliphatic imine (C=N–C) groups is 1. The summed E-state index contributed by atoms with van der Waals surface area (Å²) in [6, 6.07) is 0.563. The molecule has 204 valence electrons. The molecule has 1 fully saturated rings. The van der Waals surface area contributed by atoms with Gasteiger partial charge < -0.3 is 20.3 Å². The number of carbonyl (C=O) groups excluding carboxylic acids is 3. The number of benzene rings is 1. The van der Waals surface area contributed by atoms with Gasteiger partial charge in [-0.1, -0.05) is 6.92 Å². The molecule has 2 unspecified atom stereocenters. The number of hydrogen-bond donors (Lipinski definition) is 3. The van der Waals surface area contributed by atoms with E-state index in [1.54, 1.807) is 19.1 Å². The Kier molecular flexibility index (Phi) is 5.98. The second kappa shape index (κ2) is 8.94. The summed E-state index contributed by atoms with van der Waals surface area (Å²) in [5.74, 6) is -1.39. The number of fused-ring (bicyclic) bond motifs is 5. The summed E-state index contributed by atoms with van der Waals surface area (Å²) >= 11 is 6.34. The minimum Gasteiger partial charge on any atom is -0.480 e. The number of ether oxygens (including phenoxy) is 1. The van der Waals surface area contributed by atoms with Crippen LogP contribution in [-0.2, 0) is 19.1 Å². The SMILES string of the molecule is CC[C@]1(O)C=C2C3=C(N=C4CCC(=O)CC24CC1=O)c1c2c(c(F)cc1=C3)=C(Cl)OC[C@H]2NC(=O)CC(C)O. The molecule has 1 aromatic rings. The van der Waals surface area contributed by atoms with Crippen LogP contribution in [0, 0.1) is 11.2 Å². The van der Waals surface area contributed by atoms with Crippen molar-refractivity contribution in [1.82, 2.24) is 5.32 Å². The van der Waals surface area contributed by atoms with Crippen LogP contribution in [0.2, 0.25) is 0 Å². The molecule has 0 saturated heterocycles. The third-order valence-electron chi connectivity index (χ3n) is 8.49. The van der Waals surface area contributed by atoms with Crippen molar-refractivity contribution >= 4 is 51.8 Å². The lowest BCUT2D eigenvalue weighted by molar-refractivity contribution is -0.136. The molecule has 6 rings (SSSR count). The summed E-state index contributed by atoms with van der Waals surface area (Å²) < 4.78 is 21.0. The number of rotatable bonds is 4. The van der Waals surface area contributed by atoms with Crippen LogP contribution in [0.1, 0.15) is 69.5 Å². The Balaban J connectivity index is 1.60. The van der Waals surface area contributed by atoms with Gasteiger partial charge >= 0.3 is 0 Å². The summed E-state index contributed by atoms with van der Waals surface area (Å²) in [5.41, 5.74) is 0.869. The minimum atomic E-state index is -1.68. The number of aliphatic hydroxyl groups excluding tert-OH is 1. The zero-order chi connectivity index (χ0) is 27.9. The molecular weight excluding hydrogens is 527 g/mol. The number of amides is 1. The third-order valence-corrected chi connectivity index (χ3v) is 8.79. The molecule has 3 aliphatic carbocycles. The van der Waals surface area contributed by atoms with E-state index >= 15 is 4.39 Å². The van der Waals surface area contributed by atoms with E-state index in [1.165, 1.54) is 13.0 Å². The lowest BCUT2D eigenvalue weighted by Gasteiger charge is -2.47. The van der Waals surface area contributed by atoms with Crippen molar-refractivity contribution < 1.29 is 33.7 Å². The van der Waals surface area contributed by atoms with Crippen LogP contribution in [0.15, 0.2) is 28.3 Å². The maximum atomic E-state index is 15.5. The molecule has 4 atom stereocenters. The number of Topliss-reactive ketones (excluding diaryl/α,β-unsaturated/α-hetero) is 2. The number of allylic oxidation sites excluding steroid dienone is 2. The topological polar surface area (TPSA) is 125 Å². The van der Waals surface area contributed by atoms with Crippen LogP contribution >= 0.6 is 11.6 Å². The van der Waals surface area contributed by atoms with Crippen LogP contribution in [0.3, 0.4) is 0 Å². The van der Waals surface area contributed by atoms with Crippen LogP contribution in [0.25, 0.3) is 17.0 Å². The smallest absolute Gasteiger partial charge is 0.223 e. The quantitative estimate of drug-likeness (QED) is 0.521. The monoisotopic (exact) mass is 554 g/mol. The molecule has 10 heteroatoms. The Morgan fingerprint density at radius 3 is 2.82 bits per heavy atom. The molecule has 2 heterocycles. The molecule has 3 N–H and O–H groups in total. The predicted molar refractivity (Wildman–Crippen MR) is 141 cm³/mol. The van der Waals surface area contributed by atoms with E-state index in [0.29, 0.717) is 51.7 Å². The van der Waals surface area contributed by atoms with Crippen LogP contribution in [0.5, 0.6) is 0 Å². The zero-order valence-corrected chi connectivity index (χ0v) is 22.3. The largest absolute Gasteiger partial charge is 0.480 e. The molecular formula is C29H28ClFN2O6. The molecule has 0 bridgehead atoms. The van der Waals surface area contributed by atoms with Gasteiger partial charge in [-0.15, -0.1) is 0 Å². The lowest BCUT2D eigenvalue weighted by atomic mass is 9.57. The molecule has 2 aliphatic heterocycles. The van der Waals surface area contributed by atoms with E-state index in [4.69, 9.17) is 21.3 Å². The highest BCUT2D eigenvalue weighted by molar-refractivity contribution is 6.43. The van der Waals surface area contributed by atoms with Crippen molar-refractivity contribution in [3.63, 3.8) is 0 Å². The second-order valence-electron chi connectivity index (χ2n) is 11.1. The fourth-order valence-corrected chi connectivity index (χ4v) is 6.85. The van der Waals surface area contributed by atoms with Gasteiger partial charge in [0.1, 0.15) is 23.8 Å². The first-order valence-corrected chi connectivity index (χ1v) is 13.5. The van der Waals surface area contributed by atoms with Crippen LogP contribution in [-0.4, -0.2) is 51.7 Å². The molecule has 1 spiro atoms. The molecule has 39 heavy (non-hydrogen) atoms. The summed E-state index contributed by atoms with van der Waals surface area (Å²) in [5, 5.41) is 24.1. The van der Waals surface area contributed by atoms with Crippen LogP contribution in [0.4, 0.5) is 4.39 Å². The van der Waals surface area contributed by atoms with E-state index < -0.39 is 34.9 Å². The number of halogens is 2. The number of nitrogens with one attached hydrogen (secondary N) is 1. The van der Waals surface area contributed by atoms with Gasteiger partial charge in [-0.2, -0.15) is 0 Å². The second-order valence-corrected chi connectivity index (χ2v) is 11.4. The first-order chi connectivity index (χ1) is 18.5. The van der Waals surface area contributed by atoms with Crippen molar-refractivity contribution in [2.75, 3.05) is 6.61 Å². The number of ketones is 2. The van der Waals surface area contributed by atoms with Gasteiger partial charge in [0.2, 0.25) is 5.91 Å². The van der Waals surface area contributed by atoms with E-state index in [9.17, 15) is 24.6 Å². The fourth-order valence-electron chi connectivity index (χ4n) is 6.60. The molecule has 0 radical (unpaired) electrons. The van der Waals surface area contributed by atoms with Gasteiger partial charge in [-0.25, -0.2) is 4.39 Å². The maximum Gasteiger partial charge on any atom is 0.223 e. The standard InChI is InChI=1S/C29H28ClFN2O6/c1-3-29(38)10-17-16-7-14-8-18(31)24-25(19(12-39-27(24)30)32-22(37)6-13(2)34)23(14)26(16)33-20-5-4-15(35)9-28(17,20)11-21(29)36/h7-8,10,13,19,34,38H,3-6,9,11-12H2,1-2H3,(H,32,37)/t13?,19-,28?,29+/m1/s1. The average Bonchev–Trinajstić information content (AvgIpc) is 3.22. The summed E-state index contributed by atoms with van der Waals surface area (Å²) in [6.07, 6.45) is 3.24. The fraction of sp³-hybridized carbons (Fsp3) is 0.448. The highest BCUT2D eigenvalue weighted by Gasteiger charge is 2.55. The first-order valence-electron chi connectivity index (χ1n) is 13.2. The Morgan fingerprint density at radius 2 is 2.10 bits per heavy atom. The normalized spacial score (nSPS) is 29.6. The van der Waals surface area contributed by atoms with Gasteiger partial charge in [0, 0.05) is 47.1 Å². The molecule has 8 nitrogen and oxygen atoms in total. The number of hydrogen-bond acceptors (Lipinski definition) is 7. The third kappa shape index (κ3) is 3.85. The van der Waals surface area contributed by atoms with Gasteiger partial charge in [0.05, 0.1) is 29.5 Å². The van der Waals surface area contributed by atoms with E-state index in [2.05, 4.69) is 5.32 Å². The first kappa shape index (κ1) is 26.1. The van der Waals surface area contributed by atoms with Crippen molar-refractivity contribution in [2.24, 2.45) is 10.4 Å². The Morgan fingerprint density at radius 1 is 1.33 bits per heavy atom. The Labute approximate surface area is 228 Å². The Hall–Kier alpha value is -3.14. The van der Waals surface area contributed by atoms with Crippen LogP contribution < -0.4 is 15.8 Å². The number of carbonyl (C=O) groups is 3. The van der Waals surface area contributed by atoms with Gasteiger partial charge in [-0.3, -0.25) is 19.4 Å². The van der Waals surface area contributed by atoms with Gasteiger partial charge in [0.25, 0.3) is 0 Å². The summed E-state index contributed by atoms with van der Waals surface area (Å²) in [4.78, 5) is 43.5. The lowest BCUT2D eigenvalue weighted by Crippen LogP contribution is -2.52. The van der Waals surface area contributed by atoms with E-state index in [-0.39, 0.29) is 54.3 Å². The summed E-state index contributed by atoms with van der Waals surface area (Å²) in [6.45, 7) is 3.18. The van der Waals surface area contributed by atoms with Gasteiger partial charge in [0.15, 0.2) is 11.0 Å². The number of aliphatic hydroxyl groups is 2. The van der Waals surface area contributed by atoms with Crippen molar-refractivity contribution in [2.45, 2.75) is 70.1 Å². The maximum absolute atomic E-state index is 15.5. The minimum absolute atomic E-state index is 0.0250.